The van der Waals surface area contributed by atoms with E-state index in [0.717, 1.165) is 21.6 Å². The van der Waals surface area contributed by atoms with Crippen molar-refractivity contribution in [1.82, 2.24) is 0 Å². The average Bonchev–Trinajstić information content (AvgIpc) is 3.23. The van der Waals surface area contributed by atoms with Crippen LogP contribution in [0.2, 0.25) is 0 Å². The number of methoxy groups -OCH3 is 1. The lowest BCUT2D eigenvalue weighted by molar-refractivity contribution is 0.0607. The summed E-state index contributed by atoms with van der Waals surface area (Å²) in [5.74, 6) is -0.755. The van der Waals surface area contributed by atoms with E-state index in [2.05, 4.69) is 5.32 Å². The second-order valence-corrected chi connectivity index (χ2v) is 7.66. The van der Waals surface area contributed by atoms with Crippen LogP contribution in [0.15, 0.2) is 91.0 Å². The van der Waals surface area contributed by atoms with Crippen LogP contribution in [-0.2, 0) is 4.74 Å². The van der Waals surface area contributed by atoms with Crippen molar-refractivity contribution in [2.75, 3.05) is 12.4 Å². The quantitative estimate of drug-likeness (QED) is 0.401. The van der Waals surface area contributed by atoms with Crippen LogP contribution in [-0.4, -0.2) is 19.0 Å². The molecule has 0 radical (unpaired) electrons. The average molecular weight is 413 g/mol. The maximum Gasteiger partial charge on any atom is 0.350 e. The first-order valence-corrected chi connectivity index (χ1v) is 10.2. The molecule has 0 aliphatic heterocycles. The Bertz CT molecular complexity index is 1170. The van der Waals surface area contributed by atoms with E-state index in [-0.39, 0.29) is 5.91 Å². The van der Waals surface area contributed by atoms with Crippen molar-refractivity contribution >= 4 is 28.9 Å². The molecule has 3 aromatic carbocycles. The summed E-state index contributed by atoms with van der Waals surface area (Å²) in [4.78, 5) is 26.3. The predicted octanol–water partition coefficient (Wildman–Crippen LogP) is 6.12. The SMILES string of the molecule is COC(=O)c1sc(-c2ccccc2)cc1NC(=O)c1ccc(-c2ccccc2)cc1. The summed E-state index contributed by atoms with van der Waals surface area (Å²) in [6, 6.07) is 28.9. The normalized spacial score (nSPS) is 10.4. The van der Waals surface area contributed by atoms with Gasteiger partial charge in [0, 0.05) is 10.4 Å². The van der Waals surface area contributed by atoms with E-state index in [0.29, 0.717) is 16.1 Å². The third-order valence-corrected chi connectivity index (χ3v) is 5.83. The fourth-order valence-corrected chi connectivity index (χ4v) is 4.15. The number of nitrogens with one attached hydrogen (secondary N) is 1. The molecular formula is C25H19NO3S. The smallest absolute Gasteiger partial charge is 0.350 e. The second kappa shape index (κ2) is 8.76. The van der Waals surface area contributed by atoms with Gasteiger partial charge in [-0.1, -0.05) is 72.8 Å². The molecule has 0 aliphatic rings. The first-order chi connectivity index (χ1) is 14.7. The Morgan fingerprint density at radius 3 is 1.93 bits per heavy atom. The molecule has 4 nitrogen and oxygen atoms in total. The van der Waals surface area contributed by atoms with Gasteiger partial charge in [-0.25, -0.2) is 4.79 Å². The summed E-state index contributed by atoms with van der Waals surface area (Å²) in [7, 11) is 1.33. The van der Waals surface area contributed by atoms with Gasteiger partial charge in [-0.05, 0) is 34.9 Å². The fourth-order valence-electron chi connectivity index (χ4n) is 3.11. The number of thiophene rings is 1. The van der Waals surface area contributed by atoms with Crippen LogP contribution in [0.3, 0.4) is 0 Å². The minimum atomic E-state index is -0.475. The first-order valence-electron chi connectivity index (χ1n) is 9.40. The molecule has 4 aromatic rings. The summed E-state index contributed by atoms with van der Waals surface area (Å²) >= 11 is 1.29. The Hall–Kier alpha value is -3.70. The number of carbonyl (C=O) groups is 2. The second-order valence-electron chi connectivity index (χ2n) is 6.61. The fraction of sp³-hybridized carbons (Fsp3) is 0.0400. The molecule has 1 heterocycles. The minimum absolute atomic E-state index is 0.280. The van der Waals surface area contributed by atoms with Gasteiger partial charge in [0.2, 0.25) is 0 Å². The van der Waals surface area contributed by atoms with Gasteiger partial charge < -0.3 is 10.1 Å². The number of carbonyl (C=O) groups excluding carboxylic acids is 2. The standard InChI is InChI=1S/C25H19NO3S/c1-29-25(28)23-21(16-22(30-23)19-10-6-3-7-11-19)26-24(27)20-14-12-18(13-15-20)17-8-4-2-5-9-17/h2-16H,1H3,(H,26,27). The zero-order valence-electron chi connectivity index (χ0n) is 16.3. The molecule has 0 saturated heterocycles. The van der Waals surface area contributed by atoms with Crippen LogP contribution in [0.25, 0.3) is 21.6 Å². The molecule has 0 bridgehead atoms. The third-order valence-electron chi connectivity index (χ3n) is 4.66. The number of benzene rings is 3. The summed E-state index contributed by atoms with van der Waals surface area (Å²) in [5.41, 5.74) is 4.05. The Morgan fingerprint density at radius 2 is 1.33 bits per heavy atom. The minimum Gasteiger partial charge on any atom is -0.465 e. The number of anilines is 1. The van der Waals surface area contributed by atoms with E-state index in [4.69, 9.17) is 4.74 Å². The van der Waals surface area contributed by atoms with Crippen molar-refractivity contribution < 1.29 is 14.3 Å². The van der Waals surface area contributed by atoms with Gasteiger partial charge in [0.15, 0.2) is 0 Å². The number of ether oxygens (including phenoxy) is 1. The van der Waals surface area contributed by atoms with Gasteiger partial charge in [0.05, 0.1) is 12.8 Å². The highest BCUT2D eigenvalue weighted by molar-refractivity contribution is 7.18. The lowest BCUT2D eigenvalue weighted by Crippen LogP contribution is -2.13. The van der Waals surface area contributed by atoms with Crippen LogP contribution in [0, 0.1) is 0 Å². The van der Waals surface area contributed by atoms with Gasteiger partial charge in [0.1, 0.15) is 4.88 Å². The maximum absolute atomic E-state index is 12.8. The topological polar surface area (TPSA) is 55.4 Å². The zero-order valence-corrected chi connectivity index (χ0v) is 17.1. The van der Waals surface area contributed by atoms with Crippen LogP contribution >= 0.6 is 11.3 Å². The molecule has 0 unspecified atom stereocenters. The van der Waals surface area contributed by atoms with Crippen molar-refractivity contribution in [2.45, 2.75) is 0 Å². The number of hydrogen-bond acceptors (Lipinski definition) is 4. The van der Waals surface area contributed by atoms with Crippen LogP contribution in [0.5, 0.6) is 0 Å². The summed E-state index contributed by atoms with van der Waals surface area (Å²) in [6.45, 7) is 0. The van der Waals surface area contributed by atoms with Crippen molar-refractivity contribution in [1.29, 1.82) is 0 Å². The molecule has 1 N–H and O–H groups in total. The zero-order chi connectivity index (χ0) is 20.9. The third kappa shape index (κ3) is 4.16. The van der Waals surface area contributed by atoms with Gasteiger partial charge >= 0.3 is 5.97 Å². The number of rotatable bonds is 5. The van der Waals surface area contributed by atoms with Gasteiger partial charge in [0.25, 0.3) is 5.91 Å². The molecule has 148 valence electrons. The molecule has 0 atom stereocenters. The molecule has 1 aromatic heterocycles. The van der Waals surface area contributed by atoms with Crippen molar-refractivity contribution in [3.05, 3.63) is 101 Å². The highest BCUT2D eigenvalue weighted by Gasteiger charge is 2.20. The molecule has 0 spiro atoms. The van der Waals surface area contributed by atoms with E-state index in [9.17, 15) is 9.59 Å². The van der Waals surface area contributed by atoms with Crippen LogP contribution in [0.4, 0.5) is 5.69 Å². The molecule has 1 amide bonds. The van der Waals surface area contributed by atoms with Crippen molar-refractivity contribution in [3.63, 3.8) is 0 Å². The van der Waals surface area contributed by atoms with E-state index in [1.165, 1.54) is 18.4 Å². The van der Waals surface area contributed by atoms with E-state index < -0.39 is 5.97 Å². The highest BCUT2D eigenvalue weighted by Crippen LogP contribution is 2.35. The molecule has 0 aliphatic carbocycles. The van der Waals surface area contributed by atoms with Crippen molar-refractivity contribution in [3.8, 4) is 21.6 Å². The van der Waals surface area contributed by atoms with Gasteiger partial charge in [-0.2, -0.15) is 0 Å². The highest BCUT2D eigenvalue weighted by atomic mass is 32.1. The maximum atomic E-state index is 12.8. The molecule has 30 heavy (non-hydrogen) atoms. The molecular weight excluding hydrogens is 394 g/mol. The van der Waals surface area contributed by atoms with E-state index >= 15 is 0 Å². The summed E-state index contributed by atoms with van der Waals surface area (Å²) in [5, 5.41) is 2.86. The molecule has 0 fully saturated rings. The van der Waals surface area contributed by atoms with Crippen molar-refractivity contribution in [2.24, 2.45) is 0 Å². The lowest BCUT2D eigenvalue weighted by atomic mass is 10.0. The monoisotopic (exact) mass is 413 g/mol. The summed E-state index contributed by atoms with van der Waals surface area (Å²) in [6.07, 6.45) is 0. The Balaban J connectivity index is 1.59. The number of hydrogen-bond donors (Lipinski definition) is 1. The Kier molecular flexibility index (Phi) is 5.72. The lowest BCUT2D eigenvalue weighted by Gasteiger charge is -2.07. The van der Waals surface area contributed by atoms with E-state index in [1.807, 2.05) is 78.9 Å². The number of esters is 1. The van der Waals surface area contributed by atoms with Gasteiger partial charge in [-0.3, -0.25) is 4.79 Å². The first kappa shape index (κ1) is 19.6. The van der Waals surface area contributed by atoms with E-state index in [1.54, 1.807) is 12.1 Å². The predicted molar refractivity (Wildman–Crippen MR) is 121 cm³/mol. The largest absolute Gasteiger partial charge is 0.465 e. The molecule has 5 heteroatoms. The Labute approximate surface area is 178 Å². The van der Waals surface area contributed by atoms with Gasteiger partial charge in [-0.15, -0.1) is 11.3 Å². The number of amides is 1. The summed E-state index contributed by atoms with van der Waals surface area (Å²) < 4.78 is 4.90. The molecule has 4 rings (SSSR count). The molecule has 0 saturated carbocycles. The Morgan fingerprint density at radius 1 is 0.767 bits per heavy atom. The van der Waals surface area contributed by atoms with Crippen LogP contribution in [0.1, 0.15) is 20.0 Å². The van der Waals surface area contributed by atoms with Crippen LogP contribution < -0.4 is 5.32 Å².